The summed E-state index contributed by atoms with van der Waals surface area (Å²) in [7, 11) is 0. The van der Waals surface area contributed by atoms with E-state index in [2.05, 4.69) is 35.4 Å². The Labute approximate surface area is 117 Å². The highest BCUT2D eigenvalue weighted by molar-refractivity contribution is 5.23. The predicted octanol–water partition coefficient (Wildman–Crippen LogP) is 3.71. The molecular formula is C16H27N3. The SMILES string of the molecule is CCNC(CC1CCCCC1)c1cc(C)nnc1C. The van der Waals surface area contributed by atoms with Crippen molar-refractivity contribution < 1.29 is 0 Å². The van der Waals surface area contributed by atoms with Crippen LogP contribution >= 0.6 is 0 Å². The van der Waals surface area contributed by atoms with Gasteiger partial charge in [0.25, 0.3) is 0 Å². The van der Waals surface area contributed by atoms with Gasteiger partial charge in [-0.2, -0.15) is 10.2 Å². The van der Waals surface area contributed by atoms with Crippen LogP contribution < -0.4 is 5.32 Å². The van der Waals surface area contributed by atoms with Gasteiger partial charge in [-0.1, -0.05) is 39.0 Å². The van der Waals surface area contributed by atoms with Crippen LogP contribution in [0.5, 0.6) is 0 Å². The molecule has 1 aromatic heterocycles. The van der Waals surface area contributed by atoms with Gasteiger partial charge < -0.3 is 5.32 Å². The van der Waals surface area contributed by atoms with Crippen molar-refractivity contribution in [2.24, 2.45) is 5.92 Å². The molecule has 1 saturated carbocycles. The first kappa shape index (κ1) is 14.4. The van der Waals surface area contributed by atoms with Crippen LogP contribution in [0.15, 0.2) is 6.07 Å². The highest BCUT2D eigenvalue weighted by atomic mass is 15.1. The van der Waals surface area contributed by atoms with Crippen molar-refractivity contribution in [1.82, 2.24) is 15.5 Å². The number of aromatic nitrogens is 2. The van der Waals surface area contributed by atoms with Gasteiger partial charge >= 0.3 is 0 Å². The van der Waals surface area contributed by atoms with Crippen LogP contribution in [0.2, 0.25) is 0 Å². The molecule has 1 aliphatic carbocycles. The second kappa shape index (κ2) is 6.99. The minimum Gasteiger partial charge on any atom is -0.310 e. The van der Waals surface area contributed by atoms with Crippen LogP contribution in [0.4, 0.5) is 0 Å². The van der Waals surface area contributed by atoms with E-state index in [-0.39, 0.29) is 0 Å². The maximum atomic E-state index is 4.28. The molecule has 0 aliphatic heterocycles. The van der Waals surface area contributed by atoms with Crippen LogP contribution in [0.1, 0.15) is 68.4 Å². The summed E-state index contributed by atoms with van der Waals surface area (Å²) in [6.07, 6.45) is 8.31. The third kappa shape index (κ3) is 4.00. The molecule has 0 bridgehead atoms. The third-order valence-electron chi connectivity index (χ3n) is 4.26. The van der Waals surface area contributed by atoms with Crippen molar-refractivity contribution in [3.8, 4) is 0 Å². The van der Waals surface area contributed by atoms with E-state index in [9.17, 15) is 0 Å². The van der Waals surface area contributed by atoms with E-state index in [4.69, 9.17) is 0 Å². The molecule has 0 amide bonds. The summed E-state index contributed by atoms with van der Waals surface area (Å²) >= 11 is 0. The maximum absolute atomic E-state index is 4.28. The summed E-state index contributed by atoms with van der Waals surface area (Å²) in [6, 6.07) is 2.65. The number of aryl methyl sites for hydroxylation is 2. The van der Waals surface area contributed by atoms with Gasteiger partial charge in [0.05, 0.1) is 11.4 Å². The molecule has 0 aromatic carbocycles. The normalized spacial score (nSPS) is 18.5. The Morgan fingerprint density at radius 1 is 1.21 bits per heavy atom. The Morgan fingerprint density at radius 2 is 1.95 bits per heavy atom. The quantitative estimate of drug-likeness (QED) is 0.878. The molecule has 0 spiro atoms. The number of nitrogens with zero attached hydrogens (tertiary/aromatic N) is 2. The van der Waals surface area contributed by atoms with Crippen LogP contribution in [-0.2, 0) is 0 Å². The first-order valence-electron chi connectivity index (χ1n) is 7.75. The topological polar surface area (TPSA) is 37.8 Å². The van der Waals surface area contributed by atoms with E-state index in [1.807, 2.05) is 6.92 Å². The van der Waals surface area contributed by atoms with Gasteiger partial charge in [-0.25, -0.2) is 0 Å². The molecule has 1 N–H and O–H groups in total. The van der Waals surface area contributed by atoms with E-state index in [1.165, 1.54) is 44.1 Å². The summed E-state index contributed by atoms with van der Waals surface area (Å²) in [5.41, 5.74) is 3.44. The maximum Gasteiger partial charge on any atom is 0.0648 e. The Morgan fingerprint density at radius 3 is 2.63 bits per heavy atom. The minimum absolute atomic E-state index is 0.447. The molecular weight excluding hydrogens is 234 g/mol. The zero-order valence-electron chi connectivity index (χ0n) is 12.6. The second-order valence-electron chi connectivity index (χ2n) is 5.88. The lowest BCUT2D eigenvalue weighted by molar-refractivity contribution is 0.300. The lowest BCUT2D eigenvalue weighted by atomic mass is 9.83. The predicted molar refractivity (Wildman–Crippen MR) is 79.1 cm³/mol. The zero-order valence-corrected chi connectivity index (χ0v) is 12.6. The number of hydrogen-bond donors (Lipinski definition) is 1. The van der Waals surface area contributed by atoms with Gasteiger partial charge in [-0.15, -0.1) is 0 Å². The van der Waals surface area contributed by atoms with E-state index in [0.717, 1.165) is 23.9 Å². The van der Waals surface area contributed by atoms with Crippen molar-refractivity contribution in [2.75, 3.05) is 6.54 Å². The molecule has 3 heteroatoms. The van der Waals surface area contributed by atoms with E-state index >= 15 is 0 Å². The van der Waals surface area contributed by atoms with Crippen LogP contribution in [-0.4, -0.2) is 16.7 Å². The highest BCUT2D eigenvalue weighted by Gasteiger charge is 2.21. The molecule has 1 unspecified atom stereocenters. The van der Waals surface area contributed by atoms with Crippen LogP contribution in [0.25, 0.3) is 0 Å². The Bertz CT molecular complexity index is 397. The summed E-state index contributed by atoms with van der Waals surface area (Å²) in [6.45, 7) is 7.30. The van der Waals surface area contributed by atoms with Gasteiger partial charge in [0.1, 0.15) is 0 Å². The van der Waals surface area contributed by atoms with Crippen molar-refractivity contribution in [2.45, 2.75) is 65.3 Å². The third-order valence-corrected chi connectivity index (χ3v) is 4.26. The molecule has 2 rings (SSSR count). The van der Waals surface area contributed by atoms with Gasteiger partial charge in [0.2, 0.25) is 0 Å². The average molecular weight is 261 g/mol. The molecule has 1 heterocycles. The fraction of sp³-hybridized carbons (Fsp3) is 0.750. The van der Waals surface area contributed by atoms with E-state index in [0.29, 0.717) is 6.04 Å². The highest BCUT2D eigenvalue weighted by Crippen LogP contribution is 2.32. The van der Waals surface area contributed by atoms with Crippen LogP contribution in [0.3, 0.4) is 0 Å². The monoisotopic (exact) mass is 261 g/mol. The Balaban J connectivity index is 2.11. The molecule has 0 saturated heterocycles. The molecule has 106 valence electrons. The van der Waals surface area contributed by atoms with Gasteiger partial charge in [-0.3, -0.25) is 0 Å². The van der Waals surface area contributed by atoms with E-state index < -0.39 is 0 Å². The van der Waals surface area contributed by atoms with Gasteiger partial charge in [-0.05, 0) is 44.4 Å². The summed E-state index contributed by atoms with van der Waals surface area (Å²) < 4.78 is 0. The zero-order chi connectivity index (χ0) is 13.7. The molecule has 1 aliphatic rings. The van der Waals surface area contributed by atoms with Gasteiger partial charge in [0, 0.05) is 6.04 Å². The van der Waals surface area contributed by atoms with Crippen LogP contribution in [0, 0.1) is 19.8 Å². The lowest BCUT2D eigenvalue weighted by Crippen LogP contribution is -2.25. The molecule has 19 heavy (non-hydrogen) atoms. The molecule has 3 nitrogen and oxygen atoms in total. The summed E-state index contributed by atoms with van der Waals surface area (Å²) in [4.78, 5) is 0. The second-order valence-corrected chi connectivity index (χ2v) is 5.88. The van der Waals surface area contributed by atoms with Crippen molar-refractivity contribution in [3.63, 3.8) is 0 Å². The first-order valence-corrected chi connectivity index (χ1v) is 7.75. The van der Waals surface area contributed by atoms with Crippen molar-refractivity contribution in [1.29, 1.82) is 0 Å². The number of nitrogens with one attached hydrogen (secondary N) is 1. The lowest BCUT2D eigenvalue weighted by Gasteiger charge is -2.28. The largest absolute Gasteiger partial charge is 0.310 e. The standard InChI is InChI=1S/C16H27N3/c1-4-17-16(11-14-8-6-5-7-9-14)15-10-12(2)18-19-13(15)3/h10,14,16-17H,4-9,11H2,1-3H3. The number of hydrogen-bond acceptors (Lipinski definition) is 3. The molecule has 1 fully saturated rings. The first-order chi connectivity index (χ1) is 9.20. The summed E-state index contributed by atoms with van der Waals surface area (Å²) in [5.74, 6) is 0.880. The molecule has 0 radical (unpaired) electrons. The smallest absolute Gasteiger partial charge is 0.0648 e. The van der Waals surface area contributed by atoms with E-state index in [1.54, 1.807) is 0 Å². The molecule has 1 aromatic rings. The summed E-state index contributed by atoms with van der Waals surface area (Å²) in [5, 5.41) is 12.1. The van der Waals surface area contributed by atoms with Gasteiger partial charge in [0.15, 0.2) is 0 Å². The fourth-order valence-corrected chi connectivity index (χ4v) is 3.25. The van der Waals surface area contributed by atoms with Crippen molar-refractivity contribution >= 4 is 0 Å². The molecule has 1 atom stereocenters. The fourth-order valence-electron chi connectivity index (χ4n) is 3.25. The number of rotatable bonds is 5. The average Bonchev–Trinajstić information content (AvgIpc) is 2.42. The Kier molecular flexibility index (Phi) is 5.32. The van der Waals surface area contributed by atoms with Crippen molar-refractivity contribution in [3.05, 3.63) is 23.0 Å². The minimum atomic E-state index is 0.447. The Hall–Kier alpha value is -0.960.